The number of piperidine rings is 1. The van der Waals surface area contributed by atoms with Gasteiger partial charge >= 0.3 is 6.09 Å². The molecule has 1 rings (SSSR count). The molecule has 1 saturated heterocycles. The van der Waals surface area contributed by atoms with Crippen LogP contribution in [0.15, 0.2) is 12.2 Å². The van der Waals surface area contributed by atoms with Crippen molar-refractivity contribution in [3.05, 3.63) is 12.2 Å². The average molecular weight is 225 g/mol. The fourth-order valence-corrected chi connectivity index (χ4v) is 1.24. The summed E-state index contributed by atoms with van der Waals surface area (Å²) in [7, 11) is 0. The molecule has 0 aromatic rings. The van der Waals surface area contributed by atoms with E-state index in [9.17, 15) is 14.4 Å². The fraction of sp³-hybridized carbons (Fsp3) is 0.545. The van der Waals surface area contributed by atoms with Gasteiger partial charge in [0.05, 0.1) is 5.57 Å². The highest BCUT2D eigenvalue weighted by molar-refractivity contribution is 6.23. The van der Waals surface area contributed by atoms with Crippen molar-refractivity contribution in [1.82, 2.24) is 4.90 Å². The molecule has 1 heterocycles. The Morgan fingerprint density at radius 1 is 1.38 bits per heavy atom. The molecular weight excluding hydrogens is 210 g/mol. The van der Waals surface area contributed by atoms with Crippen LogP contribution in [0.4, 0.5) is 4.79 Å². The second-order valence-corrected chi connectivity index (χ2v) is 4.59. The van der Waals surface area contributed by atoms with Crippen LogP contribution in [0.25, 0.3) is 0 Å². The molecule has 0 aromatic carbocycles. The molecule has 0 saturated carbocycles. The van der Waals surface area contributed by atoms with Gasteiger partial charge < -0.3 is 4.74 Å². The van der Waals surface area contributed by atoms with Crippen molar-refractivity contribution in [1.29, 1.82) is 0 Å². The highest BCUT2D eigenvalue weighted by atomic mass is 16.6. The lowest BCUT2D eigenvalue weighted by Gasteiger charge is -2.28. The SMILES string of the molecule is C=C1C(=O)CCN(C(=O)OC(C)(C)C)C1=O. The molecule has 1 fully saturated rings. The fourth-order valence-electron chi connectivity index (χ4n) is 1.24. The van der Waals surface area contributed by atoms with Crippen LogP contribution in [0.5, 0.6) is 0 Å². The van der Waals surface area contributed by atoms with Gasteiger partial charge in [0.15, 0.2) is 5.78 Å². The molecule has 0 radical (unpaired) electrons. The minimum Gasteiger partial charge on any atom is -0.443 e. The van der Waals surface area contributed by atoms with Gasteiger partial charge in [-0.25, -0.2) is 9.69 Å². The van der Waals surface area contributed by atoms with E-state index < -0.39 is 17.6 Å². The molecule has 0 spiro atoms. The lowest BCUT2D eigenvalue weighted by molar-refractivity contribution is -0.132. The van der Waals surface area contributed by atoms with E-state index in [1.54, 1.807) is 20.8 Å². The third-order valence-electron chi connectivity index (χ3n) is 2.02. The Morgan fingerprint density at radius 3 is 2.44 bits per heavy atom. The summed E-state index contributed by atoms with van der Waals surface area (Å²) >= 11 is 0. The molecular formula is C11H15NO4. The number of hydrogen-bond acceptors (Lipinski definition) is 4. The monoisotopic (exact) mass is 225 g/mol. The number of ether oxygens (including phenoxy) is 1. The third-order valence-corrected chi connectivity index (χ3v) is 2.02. The Hall–Kier alpha value is -1.65. The normalized spacial score (nSPS) is 17.7. The highest BCUT2D eigenvalue weighted by Gasteiger charge is 2.34. The summed E-state index contributed by atoms with van der Waals surface area (Å²) in [5.74, 6) is -0.977. The first-order valence-corrected chi connectivity index (χ1v) is 4.99. The van der Waals surface area contributed by atoms with Crippen molar-refractivity contribution >= 4 is 17.8 Å². The summed E-state index contributed by atoms with van der Waals surface area (Å²) in [5, 5.41) is 0. The standard InChI is InChI=1S/C11H15NO4/c1-7-8(13)5-6-12(9(7)14)10(15)16-11(2,3)4/h1,5-6H2,2-4H3. The number of likely N-dealkylation sites (tertiary alicyclic amines) is 1. The number of nitrogens with zero attached hydrogens (tertiary/aromatic N) is 1. The van der Waals surface area contributed by atoms with Crippen LogP contribution in [0.3, 0.4) is 0 Å². The molecule has 0 unspecified atom stereocenters. The zero-order chi connectivity index (χ0) is 12.5. The molecule has 1 aliphatic rings. The van der Waals surface area contributed by atoms with E-state index in [0.29, 0.717) is 0 Å². The molecule has 1 aliphatic heterocycles. The predicted octanol–water partition coefficient (Wildman–Crippen LogP) is 1.28. The summed E-state index contributed by atoms with van der Waals surface area (Å²) in [6.07, 6.45) is -0.616. The van der Waals surface area contributed by atoms with Gasteiger partial charge in [0.2, 0.25) is 0 Å². The van der Waals surface area contributed by atoms with Crippen LogP contribution in [-0.4, -0.2) is 34.8 Å². The van der Waals surface area contributed by atoms with Gasteiger partial charge in [-0.3, -0.25) is 9.59 Å². The number of carbonyl (C=O) groups excluding carboxylic acids is 3. The zero-order valence-corrected chi connectivity index (χ0v) is 9.70. The van der Waals surface area contributed by atoms with Crippen molar-refractivity contribution in [3.8, 4) is 0 Å². The maximum absolute atomic E-state index is 11.6. The molecule has 2 amide bonds. The molecule has 0 bridgehead atoms. The Balaban J connectivity index is 2.75. The number of rotatable bonds is 0. The summed E-state index contributed by atoms with van der Waals surface area (Å²) in [6, 6.07) is 0. The molecule has 0 aromatic heterocycles. The van der Waals surface area contributed by atoms with Gasteiger partial charge in [-0.1, -0.05) is 6.58 Å². The number of imide groups is 1. The van der Waals surface area contributed by atoms with E-state index in [0.717, 1.165) is 4.90 Å². The second-order valence-electron chi connectivity index (χ2n) is 4.59. The van der Waals surface area contributed by atoms with Crippen molar-refractivity contribution in [2.75, 3.05) is 6.54 Å². The summed E-state index contributed by atoms with van der Waals surface area (Å²) in [4.78, 5) is 35.2. The molecule has 0 atom stereocenters. The Labute approximate surface area is 94.1 Å². The van der Waals surface area contributed by atoms with Gasteiger partial charge in [0.1, 0.15) is 5.60 Å². The Morgan fingerprint density at radius 2 is 1.94 bits per heavy atom. The van der Waals surface area contributed by atoms with Gasteiger partial charge in [0.25, 0.3) is 5.91 Å². The molecule has 5 nitrogen and oxygen atoms in total. The van der Waals surface area contributed by atoms with Crippen LogP contribution in [0.2, 0.25) is 0 Å². The number of carbonyl (C=O) groups is 3. The van der Waals surface area contributed by atoms with Crippen molar-refractivity contribution in [2.24, 2.45) is 0 Å². The van der Waals surface area contributed by atoms with E-state index in [2.05, 4.69) is 6.58 Å². The van der Waals surface area contributed by atoms with Crippen LogP contribution in [-0.2, 0) is 14.3 Å². The van der Waals surface area contributed by atoms with Crippen molar-refractivity contribution in [3.63, 3.8) is 0 Å². The van der Waals surface area contributed by atoms with E-state index in [1.807, 2.05) is 0 Å². The summed E-state index contributed by atoms with van der Waals surface area (Å²) in [5.41, 5.74) is -0.822. The van der Waals surface area contributed by atoms with E-state index >= 15 is 0 Å². The number of ketones is 1. The smallest absolute Gasteiger partial charge is 0.417 e. The average Bonchev–Trinajstić information content (AvgIpc) is 2.11. The van der Waals surface area contributed by atoms with E-state index in [4.69, 9.17) is 4.74 Å². The maximum Gasteiger partial charge on any atom is 0.417 e. The van der Waals surface area contributed by atoms with Crippen LogP contribution < -0.4 is 0 Å². The van der Waals surface area contributed by atoms with Crippen LogP contribution >= 0.6 is 0 Å². The summed E-state index contributed by atoms with van der Waals surface area (Å²) < 4.78 is 5.04. The summed E-state index contributed by atoms with van der Waals surface area (Å²) in [6.45, 7) is 8.54. The maximum atomic E-state index is 11.6. The van der Waals surface area contributed by atoms with Crippen molar-refractivity contribution in [2.45, 2.75) is 32.8 Å². The second kappa shape index (κ2) is 4.08. The first kappa shape index (κ1) is 12.4. The Kier molecular flexibility index (Phi) is 3.16. The van der Waals surface area contributed by atoms with Crippen LogP contribution in [0.1, 0.15) is 27.2 Å². The Bertz CT molecular complexity index is 365. The quantitative estimate of drug-likeness (QED) is 0.460. The number of hydrogen-bond donors (Lipinski definition) is 0. The number of amides is 2. The molecule has 5 heteroatoms. The predicted molar refractivity (Wildman–Crippen MR) is 56.7 cm³/mol. The van der Waals surface area contributed by atoms with Gasteiger partial charge in [-0.15, -0.1) is 0 Å². The third kappa shape index (κ3) is 2.68. The van der Waals surface area contributed by atoms with Crippen LogP contribution in [0, 0.1) is 0 Å². The zero-order valence-electron chi connectivity index (χ0n) is 9.70. The highest BCUT2D eigenvalue weighted by Crippen LogP contribution is 2.16. The minimum atomic E-state index is -0.730. The first-order valence-electron chi connectivity index (χ1n) is 4.99. The van der Waals surface area contributed by atoms with Gasteiger partial charge in [-0.05, 0) is 20.8 Å². The topological polar surface area (TPSA) is 63.7 Å². The molecule has 16 heavy (non-hydrogen) atoms. The van der Waals surface area contributed by atoms with Gasteiger partial charge in [-0.2, -0.15) is 0 Å². The van der Waals surface area contributed by atoms with E-state index in [1.165, 1.54) is 0 Å². The molecule has 0 N–H and O–H groups in total. The largest absolute Gasteiger partial charge is 0.443 e. The lowest BCUT2D eigenvalue weighted by atomic mass is 10.0. The van der Waals surface area contributed by atoms with Gasteiger partial charge in [0, 0.05) is 13.0 Å². The van der Waals surface area contributed by atoms with Crippen molar-refractivity contribution < 1.29 is 19.1 Å². The first-order chi connectivity index (χ1) is 7.22. The lowest BCUT2D eigenvalue weighted by Crippen LogP contribution is -2.46. The minimum absolute atomic E-state index is 0.0611. The molecule has 0 aliphatic carbocycles. The number of Topliss-reactive ketones (excluding diaryl/α,β-unsaturated/α-hetero) is 1. The molecule has 88 valence electrons. The van der Waals surface area contributed by atoms with E-state index in [-0.39, 0.29) is 24.3 Å².